The molecule has 0 fully saturated rings. The number of halogens is 1. The SMILES string of the molecule is CC(C)S(=O)(=O)Nc1ccc(Cl)c(C#N)c1. The Morgan fingerprint density at radius 1 is 1.44 bits per heavy atom. The zero-order valence-electron chi connectivity index (χ0n) is 8.86. The van der Waals surface area contributed by atoms with Crippen LogP contribution in [-0.2, 0) is 10.0 Å². The van der Waals surface area contributed by atoms with E-state index >= 15 is 0 Å². The smallest absolute Gasteiger partial charge is 0.235 e. The van der Waals surface area contributed by atoms with Gasteiger partial charge in [0.2, 0.25) is 10.0 Å². The summed E-state index contributed by atoms with van der Waals surface area (Å²) < 4.78 is 25.5. The number of hydrogen-bond donors (Lipinski definition) is 1. The van der Waals surface area contributed by atoms with E-state index in [4.69, 9.17) is 16.9 Å². The topological polar surface area (TPSA) is 70.0 Å². The molecule has 86 valence electrons. The maximum atomic E-state index is 11.6. The van der Waals surface area contributed by atoms with Crippen LogP contribution in [0.2, 0.25) is 5.02 Å². The molecule has 4 nitrogen and oxygen atoms in total. The first kappa shape index (κ1) is 12.8. The minimum Gasteiger partial charge on any atom is -0.283 e. The fraction of sp³-hybridized carbons (Fsp3) is 0.300. The maximum Gasteiger partial charge on any atom is 0.235 e. The molecule has 0 aliphatic carbocycles. The average molecular weight is 259 g/mol. The predicted octanol–water partition coefficient (Wildman–Crippen LogP) is 2.36. The van der Waals surface area contributed by atoms with Crippen LogP contribution in [0.15, 0.2) is 18.2 Å². The fourth-order valence-electron chi connectivity index (χ4n) is 0.957. The second kappa shape index (κ2) is 4.73. The van der Waals surface area contributed by atoms with E-state index in [0.29, 0.717) is 10.7 Å². The van der Waals surface area contributed by atoms with Crippen molar-refractivity contribution in [3.05, 3.63) is 28.8 Å². The molecule has 0 atom stereocenters. The highest BCUT2D eigenvalue weighted by Gasteiger charge is 2.15. The Balaban J connectivity index is 3.06. The van der Waals surface area contributed by atoms with Crippen LogP contribution in [0, 0.1) is 11.3 Å². The third-order valence-corrected chi connectivity index (χ3v) is 4.06. The van der Waals surface area contributed by atoms with Crippen molar-refractivity contribution in [2.24, 2.45) is 0 Å². The summed E-state index contributed by atoms with van der Waals surface area (Å²) in [6, 6.07) is 6.29. The summed E-state index contributed by atoms with van der Waals surface area (Å²) in [5.74, 6) is 0. The molecule has 0 unspecified atom stereocenters. The van der Waals surface area contributed by atoms with Crippen LogP contribution in [0.25, 0.3) is 0 Å². The van der Waals surface area contributed by atoms with Gasteiger partial charge in [-0.25, -0.2) is 8.42 Å². The Morgan fingerprint density at radius 2 is 2.06 bits per heavy atom. The van der Waals surface area contributed by atoms with E-state index in [9.17, 15) is 8.42 Å². The lowest BCUT2D eigenvalue weighted by Gasteiger charge is -2.10. The number of sulfonamides is 1. The highest BCUT2D eigenvalue weighted by molar-refractivity contribution is 7.93. The lowest BCUT2D eigenvalue weighted by Crippen LogP contribution is -2.22. The molecule has 0 bridgehead atoms. The summed E-state index contributed by atoms with van der Waals surface area (Å²) >= 11 is 5.73. The van der Waals surface area contributed by atoms with Gasteiger partial charge in [0.15, 0.2) is 0 Å². The Hall–Kier alpha value is -1.25. The molecular formula is C10H11ClN2O2S. The van der Waals surface area contributed by atoms with Gasteiger partial charge in [0.05, 0.1) is 15.8 Å². The summed E-state index contributed by atoms with van der Waals surface area (Å²) in [5, 5.41) is 8.51. The van der Waals surface area contributed by atoms with Gasteiger partial charge in [0.25, 0.3) is 0 Å². The van der Waals surface area contributed by atoms with Crippen LogP contribution in [-0.4, -0.2) is 13.7 Å². The first-order valence-corrected chi connectivity index (χ1v) is 6.50. The molecule has 0 heterocycles. The third kappa shape index (κ3) is 2.87. The van der Waals surface area contributed by atoms with Gasteiger partial charge in [-0.3, -0.25) is 4.72 Å². The molecule has 0 aromatic heterocycles. The summed E-state index contributed by atoms with van der Waals surface area (Å²) in [6.45, 7) is 3.15. The molecule has 0 radical (unpaired) electrons. The fourth-order valence-corrected chi connectivity index (χ4v) is 1.81. The van der Waals surface area contributed by atoms with Gasteiger partial charge in [-0.15, -0.1) is 0 Å². The van der Waals surface area contributed by atoms with Crippen molar-refractivity contribution in [2.75, 3.05) is 4.72 Å². The molecule has 0 aliphatic rings. The Bertz CT molecular complexity index is 532. The largest absolute Gasteiger partial charge is 0.283 e. The van der Waals surface area contributed by atoms with Crippen molar-refractivity contribution in [1.82, 2.24) is 0 Å². The van der Waals surface area contributed by atoms with E-state index < -0.39 is 15.3 Å². The normalized spacial score (nSPS) is 11.2. The predicted molar refractivity (Wildman–Crippen MR) is 63.8 cm³/mol. The standard InChI is InChI=1S/C10H11ClN2O2S/c1-7(2)16(14,15)13-9-3-4-10(11)8(5-9)6-12/h3-5,7,13H,1-2H3. The number of rotatable bonds is 3. The van der Waals surface area contributed by atoms with Crippen molar-refractivity contribution in [2.45, 2.75) is 19.1 Å². The maximum absolute atomic E-state index is 11.6. The Labute approximate surface area is 99.9 Å². The van der Waals surface area contributed by atoms with Crippen LogP contribution in [0.4, 0.5) is 5.69 Å². The summed E-state index contributed by atoms with van der Waals surface area (Å²) in [6.07, 6.45) is 0. The first-order valence-electron chi connectivity index (χ1n) is 4.58. The molecule has 1 N–H and O–H groups in total. The first-order chi connectivity index (χ1) is 7.36. The second-order valence-corrected chi connectivity index (χ2v) is 6.15. The molecular weight excluding hydrogens is 248 g/mol. The van der Waals surface area contributed by atoms with Crippen molar-refractivity contribution >= 4 is 27.3 Å². The minimum atomic E-state index is -3.39. The van der Waals surface area contributed by atoms with Gasteiger partial charge in [-0.1, -0.05) is 11.6 Å². The monoisotopic (exact) mass is 258 g/mol. The average Bonchev–Trinajstić information content (AvgIpc) is 2.20. The molecule has 6 heteroatoms. The third-order valence-electron chi connectivity index (χ3n) is 1.97. The van der Waals surface area contributed by atoms with Gasteiger partial charge >= 0.3 is 0 Å². The van der Waals surface area contributed by atoms with Crippen molar-refractivity contribution < 1.29 is 8.42 Å². The summed E-state index contributed by atoms with van der Waals surface area (Å²) in [7, 11) is -3.39. The van der Waals surface area contributed by atoms with Crippen LogP contribution < -0.4 is 4.72 Å². The second-order valence-electron chi connectivity index (χ2n) is 3.50. The summed E-state index contributed by atoms with van der Waals surface area (Å²) in [4.78, 5) is 0. The van der Waals surface area contributed by atoms with Crippen LogP contribution >= 0.6 is 11.6 Å². The molecule has 16 heavy (non-hydrogen) atoms. The van der Waals surface area contributed by atoms with Gasteiger partial charge in [0, 0.05) is 5.69 Å². The number of hydrogen-bond acceptors (Lipinski definition) is 3. The Morgan fingerprint density at radius 3 is 2.56 bits per heavy atom. The molecule has 0 amide bonds. The summed E-state index contributed by atoms with van der Waals surface area (Å²) in [5.41, 5.74) is 0.584. The highest BCUT2D eigenvalue weighted by Crippen LogP contribution is 2.21. The van der Waals surface area contributed by atoms with Crippen molar-refractivity contribution in [3.8, 4) is 6.07 Å². The minimum absolute atomic E-state index is 0.241. The zero-order valence-corrected chi connectivity index (χ0v) is 10.4. The van der Waals surface area contributed by atoms with Gasteiger partial charge in [0.1, 0.15) is 6.07 Å². The lowest BCUT2D eigenvalue weighted by atomic mass is 10.2. The number of benzene rings is 1. The van der Waals surface area contributed by atoms with Crippen molar-refractivity contribution in [1.29, 1.82) is 5.26 Å². The number of nitrogens with zero attached hydrogens (tertiary/aromatic N) is 1. The van der Waals surface area contributed by atoms with Gasteiger partial charge in [-0.05, 0) is 32.0 Å². The number of nitriles is 1. The molecule has 0 saturated carbocycles. The van der Waals surface area contributed by atoms with E-state index in [-0.39, 0.29) is 5.56 Å². The lowest BCUT2D eigenvalue weighted by molar-refractivity contribution is 0.593. The van der Waals surface area contributed by atoms with Crippen molar-refractivity contribution in [3.63, 3.8) is 0 Å². The molecule has 0 aliphatic heterocycles. The van der Waals surface area contributed by atoms with E-state index in [1.165, 1.54) is 18.2 Å². The van der Waals surface area contributed by atoms with Gasteiger partial charge < -0.3 is 0 Å². The molecule has 1 aromatic carbocycles. The molecule has 1 rings (SSSR count). The number of anilines is 1. The van der Waals surface area contributed by atoms with E-state index in [1.807, 2.05) is 6.07 Å². The molecule has 1 aromatic rings. The van der Waals surface area contributed by atoms with Crippen LogP contribution in [0.1, 0.15) is 19.4 Å². The van der Waals surface area contributed by atoms with Gasteiger partial charge in [-0.2, -0.15) is 5.26 Å². The molecule has 0 saturated heterocycles. The molecule has 0 spiro atoms. The quantitative estimate of drug-likeness (QED) is 0.905. The van der Waals surface area contributed by atoms with E-state index in [0.717, 1.165) is 0 Å². The van der Waals surface area contributed by atoms with Crippen LogP contribution in [0.5, 0.6) is 0 Å². The van der Waals surface area contributed by atoms with E-state index in [2.05, 4.69) is 4.72 Å². The number of nitrogens with one attached hydrogen (secondary N) is 1. The Kier molecular flexibility index (Phi) is 3.79. The zero-order chi connectivity index (χ0) is 12.3. The van der Waals surface area contributed by atoms with Crippen LogP contribution in [0.3, 0.4) is 0 Å². The highest BCUT2D eigenvalue weighted by atomic mass is 35.5. The van der Waals surface area contributed by atoms with E-state index in [1.54, 1.807) is 13.8 Å².